The SMILES string of the molecule is Fc1ccccc1COc1cccc(CNC2CCCCCCC2)c1. The first-order chi connectivity index (χ1) is 12.3. The standard InChI is InChI=1S/C22H28FNO/c23-22-14-7-6-10-19(22)17-25-21-13-8-9-18(15-21)16-24-20-11-4-2-1-3-5-12-20/h6-10,13-15,20,24H,1-5,11-12,16-17H2. The largest absolute Gasteiger partial charge is 0.489 e. The molecule has 0 aromatic heterocycles. The van der Waals surface area contributed by atoms with Gasteiger partial charge in [0.05, 0.1) is 0 Å². The summed E-state index contributed by atoms with van der Waals surface area (Å²) in [5, 5.41) is 3.70. The highest BCUT2D eigenvalue weighted by Crippen LogP contribution is 2.19. The van der Waals surface area contributed by atoms with Crippen molar-refractivity contribution >= 4 is 0 Å². The van der Waals surface area contributed by atoms with Crippen molar-refractivity contribution in [1.29, 1.82) is 0 Å². The molecule has 25 heavy (non-hydrogen) atoms. The van der Waals surface area contributed by atoms with Crippen LogP contribution in [0.15, 0.2) is 48.5 Å². The summed E-state index contributed by atoms with van der Waals surface area (Å²) in [5.74, 6) is 0.574. The number of benzene rings is 2. The summed E-state index contributed by atoms with van der Waals surface area (Å²) < 4.78 is 19.4. The van der Waals surface area contributed by atoms with Crippen LogP contribution < -0.4 is 10.1 Å². The van der Waals surface area contributed by atoms with Gasteiger partial charge in [0.25, 0.3) is 0 Å². The molecule has 0 radical (unpaired) electrons. The zero-order chi connectivity index (χ0) is 17.3. The second-order valence-corrected chi connectivity index (χ2v) is 6.95. The minimum absolute atomic E-state index is 0.218. The van der Waals surface area contributed by atoms with E-state index in [0.717, 1.165) is 12.3 Å². The fourth-order valence-corrected chi connectivity index (χ4v) is 3.44. The van der Waals surface area contributed by atoms with Crippen molar-refractivity contribution in [2.24, 2.45) is 0 Å². The summed E-state index contributed by atoms with van der Waals surface area (Å²) in [4.78, 5) is 0. The van der Waals surface area contributed by atoms with Crippen LogP contribution in [0.4, 0.5) is 4.39 Å². The normalized spacial score (nSPS) is 16.2. The molecule has 0 spiro atoms. The van der Waals surface area contributed by atoms with Gasteiger partial charge in [-0.15, -0.1) is 0 Å². The fourth-order valence-electron chi connectivity index (χ4n) is 3.44. The Hall–Kier alpha value is -1.87. The molecule has 3 rings (SSSR count). The van der Waals surface area contributed by atoms with E-state index in [1.54, 1.807) is 12.1 Å². The highest BCUT2D eigenvalue weighted by atomic mass is 19.1. The molecule has 0 heterocycles. The van der Waals surface area contributed by atoms with E-state index in [9.17, 15) is 4.39 Å². The monoisotopic (exact) mass is 341 g/mol. The molecule has 2 aromatic carbocycles. The van der Waals surface area contributed by atoms with Crippen LogP contribution >= 0.6 is 0 Å². The van der Waals surface area contributed by atoms with E-state index in [4.69, 9.17) is 4.74 Å². The van der Waals surface area contributed by atoms with E-state index in [1.807, 2.05) is 18.2 Å². The molecule has 0 unspecified atom stereocenters. The van der Waals surface area contributed by atoms with Crippen molar-refractivity contribution in [2.45, 2.75) is 64.1 Å². The molecule has 0 bridgehead atoms. The third-order valence-electron chi connectivity index (χ3n) is 4.95. The molecule has 1 saturated carbocycles. The van der Waals surface area contributed by atoms with Crippen molar-refractivity contribution in [3.8, 4) is 5.75 Å². The predicted molar refractivity (Wildman–Crippen MR) is 100 cm³/mol. The lowest BCUT2D eigenvalue weighted by Crippen LogP contribution is -2.29. The Morgan fingerprint density at radius 2 is 1.68 bits per heavy atom. The molecular formula is C22H28FNO. The molecular weight excluding hydrogens is 313 g/mol. The summed E-state index contributed by atoms with van der Waals surface area (Å²) in [7, 11) is 0. The van der Waals surface area contributed by atoms with Gasteiger partial charge in [-0.1, -0.05) is 62.4 Å². The van der Waals surface area contributed by atoms with E-state index in [2.05, 4.69) is 17.4 Å². The predicted octanol–water partition coefficient (Wildman–Crippen LogP) is 5.61. The first-order valence-corrected chi connectivity index (χ1v) is 9.50. The zero-order valence-corrected chi connectivity index (χ0v) is 14.8. The summed E-state index contributed by atoms with van der Waals surface area (Å²) in [5.41, 5.74) is 1.80. The van der Waals surface area contributed by atoms with Gasteiger partial charge in [-0.2, -0.15) is 0 Å². The number of rotatable bonds is 6. The lowest BCUT2D eigenvalue weighted by molar-refractivity contribution is 0.299. The second-order valence-electron chi connectivity index (χ2n) is 6.95. The van der Waals surface area contributed by atoms with Crippen LogP contribution in [-0.4, -0.2) is 6.04 Å². The molecule has 1 aliphatic rings. The van der Waals surface area contributed by atoms with Gasteiger partial charge in [0.1, 0.15) is 18.2 Å². The second kappa shape index (κ2) is 9.57. The quantitative estimate of drug-likeness (QED) is 0.737. The Morgan fingerprint density at radius 1 is 0.920 bits per heavy atom. The van der Waals surface area contributed by atoms with E-state index in [-0.39, 0.29) is 12.4 Å². The molecule has 2 nitrogen and oxygen atoms in total. The summed E-state index contributed by atoms with van der Waals surface area (Å²) >= 11 is 0. The van der Waals surface area contributed by atoms with Crippen molar-refractivity contribution < 1.29 is 9.13 Å². The van der Waals surface area contributed by atoms with E-state index < -0.39 is 0 Å². The maximum Gasteiger partial charge on any atom is 0.129 e. The Balaban J connectivity index is 1.51. The van der Waals surface area contributed by atoms with Gasteiger partial charge in [-0.25, -0.2) is 4.39 Å². The number of hydrogen-bond acceptors (Lipinski definition) is 2. The molecule has 0 aliphatic heterocycles. The van der Waals surface area contributed by atoms with E-state index in [0.29, 0.717) is 11.6 Å². The van der Waals surface area contributed by atoms with Gasteiger partial charge in [-0.05, 0) is 36.6 Å². The molecule has 134 valence electrons. The molecule has 3 heteroatoms. The first kappa shape index (κ1) is 17.9. The average molecular weight is 341 g/mol. The third-order valence-corrected chi connectivity index (χ3v) is 4.95. The Labute approximate surface area is 150 Å². The summed E-state index contributed by atoms with van der Waals surface area (Å²) in [6, 6.07) is 15.5. The molecule has 0 amide bonds. The van der Waals surface area contributed by atoms with Crippen LogP contribution in [0.5, 0.6) is 5.75 Å². The molecule has 2 aromatic rings. The molecule has 1 N–H and O–H groups in total. The third kappa shape index (κ3) is 5.86. The lowest BCUT2D eigenvalue weighted by Gasteiger charge is -2.21. The number of ether oxygens (including phenoxy) is 1. The first-order valence-electron chi connectivity index (χ1n) is 9.50. The fraction of sp³-hybridized carbons (Fsp3) is 0.455. The van der Waals surface area contributed by atoms with Gasteiger partial charge < -0.3 is 10.1 Å². The Kier molecular flexibility index (Phi) is 6.87. The van der Waals surface area contributed by atoms with Crippen LogP contribution in [0.3, 0.4) is 0 Å². The van der Waals surface area contributed by atoms with Crippen LogP contribution in [0, 0.1) is 5.82 Å². The van der Waals surface area contributed by atoms with Gasteiger partial charge >= 0.3 is 0 Å². The van der Waals surface area contributed by atoms with E-state index >= 15 is 0 Å². The van der Waals surface area contributed by atoms with Gasteiger partial charge in [0, 0.05) is 18.2 Å². The number of hydrogen-bond donors (Lipinski definition) is 1. The minimum atomic E-state index is -0.218. The maximum absolute atomic E-state index is 13.7. The van der Waals surface area contributed by atoms with Crippen molar-refractivity contribution in [3.63, 3.8) is 0 Å². The van der Waals surface area contributed by atoms with Crippen LogP contribution in [-0.2, 0) is 13.2 Å². The summed E-state index contributed by atoms with van der Waals surface area (Å²) in [6.45, 7) is 1.12. The topological polar surface area (TPSA) is 21.3 Å². The van der Waals surface area contributed by atoms with Gasteiger partial charge in [0.15, 0.2) is 0 Å². The average Bonchev–Trinajstić information content (AvgIpc) is 2.60. The lowest BCUT2D eigenvalue weighted by atomic mass is 9.96. The zero-order valence-electron chi connectivity index (χ0n) is 14.8. The van der Waals surface area contributed by atoms with Crippen molar-refractivity contribution in [3.05, 3.63) is 65.5 Å². The van der Waals surface area contributed by atoms with Gasteiger partial charge in [0.2, 0.25) is 0 Å². The van der Waals surface area contributed by atoms with Crippen LogP contribution in [0.25, 0.3) is 0 Å². The van der Waals surface area contributed by atoms with Gasteiger partial charge in [-0.3, -0.25) is 0 Å². The highest BCUT2D eigenvalue weighted by molar-refractivity contribution is 5.29. The Morgan fingerprint density at radius 3 is 2.48 bits per heavy atom. The van der Waals surface area contributed by atoms with E-state index in [1.165, 1.54) is 56.6 Å². The molecule has 0 saturated heterocycles. The minimum Gasteiger partial charge on any atom is -0.489 e. The smallest absolute Gasteiger partial charge is 0.129 e. The van der Waals surface area contributed by atoms with Crippen LogP contribution in [0.1, 0.15) is 56.1 Å². The molecule has 1 aliphatic carbocycles. The number of nitrogens with one attached hydrogen (secondary N) is 1. The van der Waals surface area contributed by atoms with Crippen LogP contribution in [0.2, 0.25) is 0 Å². The summed E-state index contributed by atoms with van der Waals surface area (Å²) in [6.07, 6.45) is 9.38. The number of halogens is 1. The molecule has 0 atom stereocenters. The maximum atomic E-state index is 13.7. The van der Waals surface area contributed by atoms with Crippen molar-refractivity contribution in [2.75, 3.05) is 0 Å². The Bertz CT molecular complexity index is 650. The molecule has 1 fully saturated rings. The highest BCUT2D eigenvalue weighted by Gasteiger charge is 2.10. The van der Waals surface area contributed by atoms with Crippen molar-refractivity contribution in [1.82, 2.24) is 5.32 Å².